The van der Waals surface area contributed by atoms with Crippen molar-refractivity contribution in [1.82, 2.24) is 25.0 Å². The number of rotatable bonds is 10. The van der Waals surface area contributed by atoms with Crippen LogP contribution in [0.3, 0.4) is 0 Å². The lowest BCUT2D eigenvalue weighted by Crippen LogP contribution is -2.25. The Morgan fingerprint density at radius 3 is 2.33 bits per heavy atom. The van der Waals surface area contributed by atoms with Crippen LogP contribution in [-0.4, -0.2) is 56.3 Å². The summed E-state index contributed by atoms with van der Waals surface area (Å²) in [4.78, 5) is 7.81. The summed E-state index contributed by atoms with van der Waals surface area (Å²) >= 11 is 0. The Kier molecular flexibility index (Phi) is 7.04. The quantitative estimate of drug-likeness (QED) is 0.559. The molecular weight excluding hydrogens is 380 g/mol. The van der Waals surface area contributed by atoms with Crippen LogP contribution in [0.5, 0.6) is 0 Å². The molecule has 4 N–H and O–H groups in total. The van der Waals surface area contributed by atoms with Crippen molar-refractivity contribution in [3.63, 3.8) is 0 Å². The molecule has 27 heavy (non-hydrogen) atoms. The van der Waals surface area contributed by atoms with Crippen LogP contribution in [0.2, 0.25) is 0 Å². The zero-order chi connectivity index (χ0) is 20.2. The zero-order valence-electron chi connectivity index (χ0n) is 15.7. The van der Waals surface area contributed by atoms with Gasteiger partial charge in [0.25, 0.3) is 0 Å². The fraction of sp³-hybridized carbons (Fsp3) is 0.714. The second-order valence-electron chi connectivity index (χ2n) is 6.40. The molecule has 0 aliphatic heterocycles. The number of nitrogens with zero attached hydrogens (tertiary/aromatic N) is 5. The van der Waals surface area contributed by atoms with Gasteiger partial charge in [-0.2, -0.15) is 9.97 Å². The first kappa shape index (κ1) is 21.4. The largest absolute Gasteiger partial charge is 0.382 e. The summed E-state index contributed by atoms with van der Waals surface area (Å²) in [6, 6.07) is 0. The van der Waals surface area contributed by atoms with Crippen molar-refractivity contribution in [3.8, 4) is 0 Å². The van der Waals surface area contributed by atoms with Crippen LogP contribution < -0.4 is 11.5 Å². The third-order valence-electron chi connectivity index (χ3n) is 3.17. The van der Waals surface area contributed by atoms with E-state index in [1.54, 1.807) is 27.7 Å². The molecule has 0 spiro atoms. The van der Waals surface area contributed by atoms with Gasteiger partial charge < -0.3 is 25.3 Å². The Bertz CT molecular complexity index is 802. The number of nitrogen functional groups attached to an aromatic ring is 2. The zero-order valence-corrected chi connectivity index (χ0v) is 16.6. The third-order valence-corrected chi connectivity index (χ3v) is 5.12. The lowest BCUT2D eigenvalue weighted by Gasteiger charge is -2.24. The maximum absolute atomic E-state index is 13.5. The third kappa shape index (κ3) is 5.80. The topological polar surface area (TPSA) is 153 Å². The normalized spacial score (nSPS) is 13.7. The van der Waals surface area contributed by atoms with E-state index in [-0.39, 0.29) is 41.7 Å². The van der Waals surface area contributed by atoms with Gasteiger partial charge in [0.15, 0.2) is 17.0 Å². The van der Waals surface area contributed by atoms with Gasteiger partial charge in [-0.05, 0) is 27.7 Å². The highest BCUT2D eigenvalue weighted by atomic mass is 31.2. The van der Waals surface area contributed by atoms with E-state index in [0.29, 0.717) is 0 Å². The second kappa shape index (κ2) is 8.87. The standard InChI is InChI=1S/C14H25FN7O4P/c1-8(2)25-27(23,26-9(3)4)7-24-10(5-15)6-22-13-11(20-21-22)12(16)18-14(17)19-13/h8-10H,5-7H2,1-4H3,(H4,16,17,18,19)/t10-/m1/s1. The van der Waals surface area contributed by atoms with Crippen LogP contribution in [-0.2, 0) is 24.9 Å². The van der Waals surface area contributed by atoms with Gasteiger partial charge in [-0.3, -0.25) is 4.57 Å². The van der Waals surface area contributed by atoms with Crippen LogP contribution >= 0.6 is 7.60 Å². The lowest BCUT2D eigenvalue weighted by atomic mass is 10.4. The molecule has 0 bridgehead atoms. The molecule has 11 nitrogen and oxygen atoms in total. The SMILES string of the molecule is CC(C)OP(=O)(CO[C@H](CF)Cn1nnc2c(N)nc(N)nc21)OC(C)C. The predicted molar refractivity (Wildman–Crippen MR) is 97.7 cm³/mol. The summed E-state index contributed by atoms with van der Waals surface area (Å²) in [5, 5.41) is 7.74. The summed E-state index contributed by atoms with van der Waals surface area (Å²) in [7, 11) is -3.55. The number of hydrogen-bond acceptors (Lipinski definition) is 10. The van der Waals surface area contributed by atoms with E-state index >= 15 is 0 Å². The van der Waals surface area contributed by atoms with Crippen LogP contribution in [0.4, 0.5) is 16.2 Å². The number of alkyl halides is 1. The summed E-state index contributed by atoms with van der Waals surface area (Å²) in [5.74, 6) is 0.0167. The highest BCUT2D eigenvalue weighted by Crippen LogP contribution is 2.50. The molecule has 0 aromatic carbocycles. The molecule has 2 heterocycles. The molecule has 0 radical (unpaired) electrons. The van der Waals surface area contributed by atoms with E-state index < -0.39 is 26.7 Å². The number of ether oxygens (including phenoxy) is 1. The number of aromatic nitrogens is 5. The van der Waals surface area contributed by atoms with Gasteiger partial charge >= 0.3 is 7.60 Å². The van der Waals surface area contributed by atoms with Crippen molar-refractivity contribution in [3.05, 3.63) is 0 Å². The first-order valence-corrected chi connectivity index (χ1v) is 10.1. The summed E-state index contributed by atoms with van der Waals surface area (Å²) < 4.78 is 43.8. The Hall–Kier alpha value is -1.88. The fourth-order valence-corrected chi connectivity index (χ4v) is 4.13. The number of halogens is 1. The van der Waals surface area contributed by atoms with Gasteiger partial charge in [-0.25, -0.2) is 9.07 Å². The Balaban J connectivity index is 2.12. The van der Waals surface area contributed by atoms with Crippen LogP contribution in [0, 0.1) is 0 Å². The molecule has 2 aromatic heterocycles. The Morgan fingerprint density at radius 2 is 1.78 bits per heavy atom. The molecule has 0 aliphatic rings. The maximum atomic E-state index is 13.5. The molecule has 0 amide bonds. The minimum atomic E-state index is -3.55. The van der Waals surface area contributed by atoms with Crippen LogP contribution in [0.15, 0.2) is 0 Å². The van der Waals surface area contributed by atoms with Crippen molar-refractivity contribution in [1.29, 1.82) is 0 Å². The Morgan fingerprint density at radius 1 is 1.15 bits per heavy atom. The van der Waals surface area contributed by atoms with Gasteiger partial charge in [0, 0.05) is 0 Å². The molecule has 152 valence electrons. The van der Waals surface area contributed by atoms with Gasteiger partial charge in [-0.1, -0.05) is 5.21 Å². The van der Waals surface area contributed by atoms with Gasteiger partial charge in [0.05, 0.1) is 18.8 Å². The fourth-order valence-electron chi connectivity index (χ4n) is 2.28. The Labute approximate surface area is 156 Å². The van der Waals surface area contributed by atoms with E-state index in [1.807, 2.05) is 0 Å². The highest BCUT2D eigenvalue weighted by Gasteiger charge is 2.30. The summed E-state index contributed by atoms with van der Waals surface area (Å²) in [6.07, 6.45) is -2.07. The van der Waals surface area contributed by atoms with Crippen LogP contribution in [0.25, 0.3) is 11.2 Å². The van der Waals surface area contributed by atoms with E-state index in [4.69, 9.17) is 25.3 Å². The van der Waals surface area contributed by atoms with E-state index in [2.05, 4.69) is 20.3 Å². The first-order valence-electron chi connectivity index (χ1n) is 8.39. The number of nitrogens with two attached hydrogens (primary N) is 2. The molecule has 0 saturated heterocycles. The summed E-state index contributed by atoms with van der Waals surface area (Å²) in [6.45, 7) is 5.98. The van der Waals surface area contributed by atoms with Gasteiger partial charge in [0.1, 0.15) is 19.1 Å². The number of anilines is 2. The monoisotopic (exact) mass is 405 g/mol. The molecule has 0 fully saturated rings. The van der Waals surface area contributed by atoms with Crippen molar-refractivity contribution in [2.24, 2.45) is 0 Å². The second-order valence-corrected chi connectivity index (χ2v) is 8.30. The van der Waals surface area contributed by atoms with E-state index in [1.165, 1.54) is 4.68 Å². The highest BCUT2D eigenvalue weighted by molar-refractivity contribution is 7.53. The minimum absolute atomic E-state index is 0.0494. The van der Waals surface area contributed by atoms with Crippen molar-refractivity contribution < 1.29 is 22.7 Å². The summed E-state index contributed by atoms with van der Waals surface area (Å²) in [5.41, 5.74) is 11.8. The van der Waals surface area contributed by atoms with Crippen LogP contribution in [0.1, 0.15) is 27.7 Å². The molecule has 2 rings (SSSR count). The minimum Gasteiger partial charge on any atom is -0.382 e. The number of fused-ring (bicyclic) bond motifs is 1. The molecular formula is C14H25FN7O4P. The average molecular weight is 405 g/mol. The molecule has 0 saturated carbocycles. The molecule has 2 aromatic rings. The van der Waals surface area contributed by atoms with Gasteiger partial charge in [-0.15, -0.1) is 5.10 Å². The molecule has 0 aliphatic carbocycles. The first-order chi connectivity index (χ1) is 12.6. The molecule has 13 heteroatoms. The smallest absolute Gasteiger partial charge is 0.356 e. The van der Waals surface area contributed by atoms with E-state index in [9.17, 15) is 8.96 Å². The average Bonchev–Trinajstić information content (AvgIpc) is 2.92. The lowest BCUT2D eigenvalue weighted by molar-refractivity contribution is 0.0290. The van der Waals surface area contributed by atoms with Crippen molar-refractivity contribution in [2.75, 3.05) is 24.5 Å². The van der Waals surface area contributed by atoms with E-state index in [0.717, 1.165) is 0 Å². The van der Waals surface area contributed by atoms with Crippen molar-refractivity contribution >= 4 is 30.5 Å². The molecule has 0 unspecified atom stereocenters. The predicted octanol–water partition coefficient (Wildman–Crippen LogP) is 1.74. The van der Waals surface area contributed by atoms with Crippen molar-refractivity contribution in [2.45, 2.75) is 52.6 Å². The molecule has 1 atom stereocenters. The number of hydrogen-bond donors (Lipinski definition) is 2. The maximum Gasteiger partial charge on any atom is 0.356 e. The van der Waals surface area contributed by atoms with Gasteiger partial charge in [0.2, 0.25) is 5.95 Å².